The molecule has 0 aliphatic carbocycles. The topological polar surface area (TPSA) is 66.4 Å². The second kappa shape index (κ2) is 5.19. The lowest BCUT2D eigenvalue weighted by Gasteiger charge is -2.06. The van der Waals surface area contributed by atoms with Gasteiger partial charge in [-0.25, -0.2) is 9.18 Å². The van der Waals surface area contributed by atoms with Gasteiger partial charge in [-0.3, -0.25) is 4.79 Å². The molecule has 4 nitrogen and oxygen atoms in total. The Balaban J connectivity index is 2.26. The molecule has 1 amide bonds. The van der Waals surface area contributed by atoms with E-state index in [1.54, 1.807) is 18.4 Å². The molecule has 0 radical (unpaired) electrons. The third-order valence-electron chi connectivity index (χ3n) is 2.48. The molecule has 1 aromatic heterocycles. The fourth-order valence-electron chi connectivity index (χ4n) is 1.57. The van der Waals surface area contributed by atoms with Gasteiger partial charge >= 0.3 is 5.97 Å². The molecule has 0 aliphatic heterocycles. The lowest BCUT2D eigenvalue weighted by molar-refractivity contribution is 0.0703. The first-order valence-electron chi connectivity index (χ1n) is 5.37. The summed E-state index contributed by atoms with van der Waals surface area (Å²) in [6.07, 6.45) is 0. The fraction of sp³-hybridized carbons (Fsp3) is 0.0769. The van der Waals surface area contributed by atoms with E-state index < -0.39 is 17.7 Å². The summed E-state index contributed by atoms with van der Waals surface area (Å²) in [5, 5.41) is 12.9. The molecule has 98 valence electrons. The minimum Gasteiger partial charge on any atom is -0.477 e. The first-order chi connectivity index (χ1) is 8.99. The molecular weight excluding hydrogens is 269 g/mol. The number of benzene rings is 1. The Bertz CT molecular complexity index is 651. The van der Waals surface area contributed by atoms with E-state index in [9.17, 15) is 14.0 Å². The highest BCUT2D eigenvalue weighted by Gasteiger charge is 2.17. The number of rotatable bonds is 3. The first-order valence-corrected chi connectivity index (χ1v) is 6.25. The van der Waals surface area contributed by atoms with Gasteiger partial charge < -0.3 is 10.4 Å². The Kier molecular flexibility index (Phi) is 3.62. The maximum Gasteiger partial charge on any atom is 0.348 e. The molecular formula is C13H10FNO3S. The molecule has 1 aromatic carbocycles. The summed E-state index contributed by atoms with van der Waals surface area (Å²) >= 11 is 0.993. The molecule has 2 N–H and O–H groups in total. The molecule has 0 saturated carbocycles. The third-order valence-corrected chi connectivity index (χ3v) is 3.38. The maximum absolute atomic E-state index is 13.6. The van der Waals surface area contributed by atoms with Crippen LogP contribution in [0.25, 0.3) is 0 Å². The van der Waals surface area contributed by atoms with Crippen LogP contribution in [0.1, 0.15) is 25.6 Å². The third kappa shape index (κ3) is 2.79. The van der Waals surface area contributed by atoms with Crippen LogP contribution in [0.15, 0.2) is 29.6 Å². The van der Waals surface area contributed by atoms with Crippen molar-refractivity contribution in [2.45, 2.75) is 6.92 Å². The molecule has 1 heterocycles. The van der Waals surface area contributed by atoms with Crippen LogP contribution in [-0.4, -0.2) is 17.0 Å². The Morgan fingerprint density at radius 3 is 2.68 bits per heavy atom. The van der Waals surface area contributed by atoms with Gasteiger partial charge in [-0.1, -0.05) is 6.07 Å². The number of aryl methyl sites for hydroxylation is 1. The predicted molar refractivity (Wildman–Crippen MR) is 70.4 cm³/mol. The van der Waals surface area contributed by atoms with Crippen molar-refractivity contribution in [2.75, 3.05) is 5.32 Å². The number of halogens is 1. The van der Waals surface area contributed by atoms with Crippen LogP contribution < -0.4 is 5.32 Å². The van der Waals surface area contributed by atoms with E-state index in [0.717, 1.165) is 11.3 Å². The number of carbonyl (C=O) groups excluding carboxylic acids is 1. The second-order valence-electron chi connectivity index (χ2n) is 3.91. The molecule has 19 heavy (non-hydrogen) atoms. The molecule has 0 saturated heterocycles. The molecule has 0 bridgehead atoms. The number of hydrogen-bond donors (Lipinski definition) is 2. The Morgan fingerprint density at radius 1 is 1.32 bits per heavy atom. The van der Waals surface area contributed by atoms with Crippen molar-refractivity contribution < 1.29 is 19.1 Å². The Morgan fingerprint density at radius 2 is 2.05 bits per heavy atom. The number of nitrogens with one attached hydrogen (secondary N) is 1. The van der Waals surface area contributed by atoms with Gasteiger partial charge in [-0.2, -0.15) is 0 Å². The summed E-state index contributed by atoms with van der Waals surface area (Å²) in [6.45, 7) is 1.71. The Hall–Kier alpha value is -2.21. The normalized spacial score (nSPS) is 10.2. The van der Waals surface area contributed by atoms with Crippen molar-refractivity contribution in [3.8, 4) is 0 Å². The van der Waals surface area contributed by atoms with Crippen LogP contribution in [0.2, 0.25) is 0 Å². The number of hydrogen-bond acceptors (Lipinski definition) is 3. The molecule has 6 heteroatoms. The zero-order valence-electron chi connectivity index (χ0n) is 9.94. The van der Waals surface area contributed by atoms with Gasteiger partial charge in [-0.05, 0) is 36.1 Å². The van der Waals surface area contributed by atoms with E-state index in [1.165, 1.54) is 18.2 Å². The van der Waals surface area contributed by atoms with Gasteiger partial charge in [0.05, 0.1) is 11.3 Å². The van der Waals surface area contributed by atoms with Gasteiger partial charge in [-0.15, -0.1) is 11.3 Å². The van der Waals surface area contributed by atoms with Crippen molar-refractivity contribution in [3.05, 3.63) is 51.5 Å². The maximum atomic E-state index is 13.6. The molecule has 0 aliphatic rings. The summed E-state index contributed by atoms with van der Waals surface area (Å²) < 4.78 is 13.6. The zero-order chi connectivity index (χ0) is 14.0. The fourth-order valence-corrected chi connectivity index (χ4v) is 2.25. The predicted octanol–water partition coefficient (Wildman–Crippen LogP) is 3.15. The molecule has 0 fully saturated rings. The van der Waals surface area contributed by atoms with E-state index in [1.807, 2.05) is 0 Å². The van der Waals surface area contributed by atoms with Gasteiger partial charge in [0.25, 0.3) is 5.91 Å². The van der Waals surface area contributed by atoms with Gasteiger partial charge in [0.1, 0.15) is 10.7 Å². The number of thiophene rings is 1. The average molecular weight is 279 g/mol. The number of carboxylic acid groups (broad SMARTS) is 1. The number of aromatic carboxylic acids is 1. The summed E-state index contributed by atoms with van der Waals surface area (Å²) in [7, 11) is 0. The zero-order valence-corrected chi connectivity index (χ0v) is 10.8. The summed E-state index contributed by atoms with van der Waals surface area (Å²) in [6, 6.07) is 5.70. The Labute approximate surface area is 112 Å². The molecule has 0 atom stereocenters. The van der Waals surface area contributed by atoms with Crippen molar-refractivity contribution >= 4 is 28.9 Å². The van der Waals surface area contributed by atoms with E-state index >= 15 is 0 Å². The molecule has 2 aromatic rings. The highest BCUT2D eigenvalue weighted by Crippen LogP contribution is 2.23. The lowest BCUT2D eigenvalue weighted by atomic mass is 10.1. The highest BCUT2D eigenvalue weighted by molar-refractivity contribution is 7.12. The van der Waals surface area contributed by atoms with Crippen LogP contribution in [0, 0.1) is 12.7 Å². The second-order valence-corrected chi connectivity index (χ2v) is 4.82. The molecule has 2 rings (SSSR count). The van der Waals surface area contributed by atoms with E-state index in [0.29, 0.717) is 5.56 Å². The van der Waals surface area contributed by atoms with E-state index in [4.69, 9.17) is 5.11 Å². The first kappa shape index (κ1) is 13.2. The SMILES string of the molecule is Cc1ccc(C(=O)Nc2ccsc2C(=O)O)c(F)c1. The minimum atomic E-state index is -1.13. The molecule has 0 spiro atoms. The van der Waals surface area contributed by atoms with Crippen LogP contribution in [-0.2, 0) is 0 Å². The average Bonchev–Trinajstić information content (AvgIpc) is 2.76. The number of carboxylic acids is 1. The quantitative estimate of drug-likeness (QED) is 0.907. The largest absolute Gasteiger partial charge is 0.477 e. The van der Waals surface area contributed by atoms with Crippen LogP contribution in [0.4, 0.5) is 10.1 Å². The highest BCUT2D eigenvalue weighted by atomic mass is 32.1. The van der Waals surface area contributed by atoms with Crippen molar-refractivity contribution in [1.82, 2.24) is 0 Å². The lowest BCUT2D eigenvalue weighted by Crippen LogP contribution is -2.15. The minimum absolute atomic E-state index is 0.0147. The van der Waals surface area contributed by atoms with Gasteiger partial charge in [0, 0.05) is 0 Å². The number of carbonyl (C=O) groups is 2. The van der Waals surface area contributed by atoms with Gasteiger partial charge in [0.15, 0.2) is 0 Å². The number of anilines is 1. The van der Waals surface area contributed by atoms with Crippen LogP contribution >= 0.6 is 11.3 Å². The van der Waals surface area contributed by atoms with Gasteiger partial charge in [0.2, 0.25) is 0 Å². The van der Waals surface area contributed by atoms with Crippen molar-refractivity contribution in [3.63, 3.8) is 0 Å². The van der Waals surface area contributed by atoms with E-state index in [-0.39, 0.29) is 16.1 Å². The summed E-state index contributed by atoms with van der Waals surface area (Å²) in [5.74, 6) is -2.43. The molecule has 0 unspecified atom stereocenters. The standard InChI is InChI=1S/C13H10FNO3S/c1-7-2-3-8(9(14)6-7)12(16)15-10-4-5-19-11(10)13(17)18/h2-6H,1H3,(H,15,16)(H,17,18). The van der Waals surface area contributed by atoms with E-state index in [2.05, 4.69) is 5.32 Å². The van der Waals surface area contributed by atoms with Crippen LogP contribution in [0.3, 0.4) is 0 Å². The number of amides is 1. The van der Waals surface area contributed by atoms with Crippen molar-refractivity contribution in [2.24, 2.45) is 0 Å². The monoisotopic (exact) mass is 279 g/mol. The van der Waals surface area contributed by atoms with Crippen molar-refractivity contribution in [1.29, 1.82) is 0 Å². The van der Waals surface area contributed by atoms with Crippen LogP contribution in [0.5, 0.6) is 0 Å². The smallest absolute Gasteiger partial charge is 0.348 e. The summed E-state index contributed by atoms with van der Waals surface area (Å²) in [5.41, 5.74) is 0.756. The summed E-state index contributed by atoms with van der Waals surface area (Å²) in [4.78, 5) is 22.8.